The van der Waals surface area contributed by atoms with Crippen molar-refractivity contribution in [1.29, 1.82) is 0 Å². The average molecular weight is 1000 g/mol. The van der Waals surface area contributed by atoms with Gasteiger partial charge in [0.25, 0.3) is 0 Å². The third-order valence-corrected chi connectivity index (χ3v) is 15.3. The fourth-order valence-electron chi connectivity index (χ4n) is 10.0. The molecule has 6 heteroatoms. The van der Waals surface area contributed by atoms with Gasteiger partial charge in [-0.25, -0.2) is 0 Å². The van der Waals surface area contributed by atoms with E-state index in [-0.39, 0.29) is 31.1 Å². The topological polar surface area (TPSA) is 78.9 Å². The van der Waals surface area contributed by atoms with Crippen LogP contribution in [0.2, 0.25) is 0 Å². The van der Waals surface area contributed by atoms with Crippen LogP contribution in [0.25, 0.3) is 0 Å². The number of unbranched alkanes of at least 4 members (excludes halogenated alkanes) is 40. The van der Waals surface area contributed by atoms with Crippen LogP contribution in [0.3, 0.4) is 0 Å². The molecular weight excluding hydrogens is 877 g/mol. The zero-order valence-corrected chi connectivity index (χ0v) is 49.0. The summed E-state index contributed by atoms with van der Waals surface area (Å²) < 4.78 is 17.0. The molecule has 6 nitrogen and oxygen atoms in total. The number of esters is 3. The molecule has 0 radical (unpaired) electrons. The van der Waals surface area contributed by atoms with Gasteiger partial charge < -0.3 is 14.2 Å². The van der Waals surface area contributed by atoms with Gasteiger partial charge in [-0.3, -0.25) is 14.4 Å². The Morgan fingerprint density at radius 1 is 0.282 bits per heavy atom. The molecule has 422 valence electrons. The zero-order valence-electron chi connectivity index (χ0n) is 49.0. The molecule has 0 aliphatic rings. The van der Waals surface area contributed by atoms with E-state index in [1.165, 1.54) is 244 Å². The lowest BCUT2D eigenvalue weighted by molar-refractivity contribution is -0.167. The average Bonchev–Trinajstić information content (AvgIpc) is 3.35. The summed E-state index contributed by atoms with van der Waals surface area (Å²) in [5, 5.41) is 0. The molecule has 0 fully saturated rings. The SMILES string of the molecule is CCC(C)CCCCCCCCCCCCCCCCCCCCC(=O)OC[C@@H](COC(=O)CCCCCCCCCCCCCCCCC(C)C)OC(=O)CCCCCCCCCCCCCC(C)C. The van der Waals surface area contributed by atoms with Gasteiger partial charge in [-0.05, 0) is 37.0 Å². The summed E-state index contributed by atoms with van der Waals surface area (Å²) in [5.41, 5.74) is 0. The van der Waals surface area contributed by atoms with Gasteiger partial charge in [0.2, 0.25) is 0 Å². The first-order chi connectivity index (χ1) is 34.6. The third kappa shape index (κ3) is 57.5. The molecular formula is C65H126O6. The lowest BCUT2D eigenvalue weighted by Gasteiger charge is -2.18. The Morgan fingerprint density at radius 3 is 0.732 bits per heavy atom. The van der Waals surface area contributed by atoms with E-state index in [1.807, 2.05) is 0 Å². The number of rotatable bonds is 58. The normalized spacial score (nSPS) is 12.5. The third-order valence-electron chi connectivity index (χ3n) is 15.3. The molecule has 0 rings (SSSR count). The second-order valence-electron chi connectivity index (χ2n) is 23.6. The number of carbonyl (C=O) groups is 3. The lowest BCUT2D eigenvalue weighted by Crippen LogP contribution is -2.30. The fraction of sp³-hybridized carbons (Fsp3) is 0.954. The maximum Gasteiger partial charge on any atom is 0.306 e. The number of hydrogen-bond donors (Lipinski definition) is 0. The van der Waals surface area contributed by atoms with Gasteiger partial charge in [0.1, 0.15) is 13.2 Å². The van der Waals surface area contributed by atoms with Crippen LogP contribution in [0.4, 0.5) is 0 Å². The van der Waals surface area contributed by atoms with Gasteiger partial charge in [-0.2, -0.15) is 0 Å². The monoisotopic (exact) mass is 1000 g/mol. The second-order valence-corrected chi connectivity index (χ2v) is 23.6. The van der Waals surface area contributed by atoms with Gasteiger partial charge in [-0.1, -0.05) is 324 Å². The molecule has 0 aliphatic carbocycles. The van der Waals surface area contributed by atoms with Gasteiger partial charge in [0.15, 0.2) is 6.10 Å². The van der Waals surface area contributed by atoms with E-state index >= 15 is 0 Å². The summed E-state index contributed by atoms with van der Waals surface area (Å²) in [7, 11) is 0. The molecule has 0 aromatic carbocycles. The predicted molar refractivity (Wildman–Crippen MR) is 307 cm³/mol. The molecule has 0 spiro atoms. The van der Waals surface area contributed by atoms with Crippen LogP contribution in [0, 0.1) is 17.8 Å². The van der Waals surface area contributed by atoms with Gasteiger partial charge >= 0.3 is 17.9 Å². The van der Waals surface area contributed by atoms with Crippen molar-refractivity contribution in [2.75, 3.05) is 13.2 Å². The Morgan fingerprint density at radius 2 is 0.493 bits per heavy atom. The minimum absolute atomic E-state index is 0.0627. The first-order valence-electron chi connectivity index (χ1n) is 32.1. The largest absolute Gasteiger partial charge is 0.462 e. The summed E-state index contributed by atoms with van der Waals surface area (Å²) in [6.07, 6.45) is 61.0. The van der Waals surface area contributed by atoms with Gasteiger partial charge in [0.05, 0.1) is 0 Å². The molecule has 0 bridgehead atoms. The van der Waals surface area contributed by atoms with Crippen LogP contribution in [0.15, 0.2) is 0 Å². The summed E-state index contributed by atoms with van der Waals surface area (Å²) in [6.45, 7) is 13.8. The summed E-state index contributed by atoms with van der Waals surface area (Å²) in [5.74, 6) is 1.74. The van der Waals surface area contributed by atoms with Crippen LogP contribution in [0.5, 0.6) is 0 Å². The van der Waals surface area contributed by atoms with Crippen molar-refractivity contribution in [3.8, 4) is 0 Å². The highest BCUT2D eigenvalue weighted by Gasteiger charge is 2.19. The van der Waals surface area contributed by atoms with Crippen LogP contribution < -0.4 is 0 Å². The smallest absolute Gasteiger partial charge is 0.306 e. The Labute approximate surface area is 444 Å². The van der Waals surface area contributed by atoms with Crippen molar-refractivity contribution in [3.05, 3.63) is 0 Å². The molecule has 0 aromatic heterocycles. The highest BCUT2D eigenvalue weighted by molar-refractivity contribution is 5.71. The predicted octanol–water partition coefficient (Wildman–Crippen LogP) is 21.5. The lowest BCUT2D eigenvalue weighted by atomic mass is 9.99. The van der Waals surface area contributed by atoms with Crippen molar-refractivity contribution < 1.29 is 28.6 Å². The molecule has 0 heterocycles. The molecule has 0 saturated carbocycles. The summed E-state index contributed by atoms with van der Waals surface area (Å²) >= 11 is 0. The Bertz CT molecular complexity index is 1100. The van der Waals surface area contributed by atoms with Crippen molar-refractivity contribution in [3.63, 3.8) is 0 Å². The van der Waals surface area contributed by atoms with E-state index < -0.39 is 6.10 Å². The summed E-state index contributed by atoms with van der Waals surface area (Å²) in [6, 6.07) is 0. The number of ether oxygens (including phenoxy) is 3. The molecule has 0 saturated heterocycles. The maximum atomic E-state index is 12.9. The Hall–Kier alpha value is -1.59. The van der Waals surface area contributed by atoms with E-state index in [1.54, 1.807) is 0 Å². The Kier molecular flexibility index (Phi) is 54.9. The molecule has 0 aliphatic heterocycles. The van der Waals surface area contributed by atoms with Crippen LogP contribution in [-0.2, 0) is 28.6 Å². The molecule has 0 aromatic rings. The molecule has 71 heavy (non-hydrogen) atoms. The van der Waals surface area contributed by atoms with E-state index in [2.05, 4.69) is 41.5 Å². The van der Waals surface area contributed by atoms with Gasteiger partial charge in [0, 0.05) is 19.3 Å². The highest BCUT2D eigenvalue weighted by atomic mass is 16.6. The van der Waals surface area contributed by atoms with Crippen LogP contribution >= 0.6 is 0 Å². The van der Waals surface area contributed by atoms with Crippen molar-refractivity contribution in [1.82, 2.24) is 0 Å². The molecule has 2 atom stereocenters. The second kappa shape index (κ2) is 56.1. The fourth-order valence-corrected chi connectivity index (χ4v) is 10.0. The van der Waals surface area contributed by atoms with Crippen LogP contribution in [0.1, 0.15) is 363 Å². The minimum atomic E-state index is -0.764. The molecule has 0 amide bonds. The number of carbonyl (C=O) groups excluding carboxylic acids is 3. The molecule has 1 unspecified atom stereocenters. The van der Waals surface area contributed by atoms with Crippen molar-refractivity contribution >= 4 is 17.9 Å². The quantitative estimate of drug-likeness (QED) is 0.0343. The first kappa shape index (κ1) is 69.4. The Balaban J connectivity index is 4.25. The van der Waals surface area contributed by atoms with E-state index in [0.717, 1.165) is 75.5 Å². The summed E-state index contributed by atoms with van der Waals surface area (Å²) in [4.78, 5) is 38.3. The van der Waals surface area contributed by atoms with E-state index in [9.17, 15) is 14.4 Å². The van der Waals surface area contributed by atoms with E-state index in [0.29, 0.717) is 19.3 Å². The standard InChI is InChI=1S/C65H126O6/c1-7-61(6)53-47-41-35-29-23-17-12-10-8-9-11-13-18-24-30-36-42-48-54-63(66)69-57-62(71-65(68)56-50-44-38-32-26-20-22-28-34-40-46-52-60(4)5)58-70-64(67)55-49-43-37-31-25-19-15-14-16-21-27-33-39-45-51-59(2)3/h59-62H,7-58H2,1-6H3/t61?,62-/m0/s1. The van der Waals surface area contributed by atoms with Crippen LogP contribution in [-0.4, -0.2) is 37.2 Å². The number of hydrogen-bond acceptors (Lipinski definition) is 6. The van der Waals surface area contributed by atoms with Crippen molar-refractivity contribution in [2.45, 2.75) is 369 Å². The van der Waals surface area contributed by atoms with Gasteiger partial charge in [-0.15, -0.1) is 0 Å². The van der Waals surface area contributed by atoms with Crippen molar-refractivity contribution in [2.24, 2.45) is 17.8 Å². The first-order valence-corrected chi connectivity index (χ1v) is 32.1. The minimum Gasteiger partial charge on any atom is -0.462 e. The zero-order chi connectivity index (χ0) is 51.9. The van der Waals surface area contributed by atoms with E-state index in [4.69, 9.17) is 14.2 Å². The maximum absolute atomic E-state index is 12.9. The molecule has 0 N–H and O–H groups in total. The highest BCUT2D eigenvalue weighted by Crippen LogP contribution is 2.19.